The summed E-state index contributed by atoms with van der Waals surface area (Å²) >= 11 is 0. The Hall–Kier alpha value is -3.61. The molecule has 1 aliphatic heterocycles. The monoisotopic (exact) mass is 420 g/mol. The molecule has 3 heterocycles. The Labute approximate surface area is 179 Å². The van der Waals surface area contributed by atoms with E-state index in [0.29, 0.717) is 23.7 Å². The highest BCUT2D eigenvalue weighted by Gasteiger charge is 2.21. The van der Waals surface area contributed by atoms with Crippen LogP contribution >= 0.6 is 0 Å². The summed E-state index contributed by atoms with van der Waals surface area (Å²) < 4.78 is 18.3. The lowest BCUT2D eigenvalue weighted by Crippen LogP contribution is -2.18. The molecule has 0 amide bonds. The number of rotatable bonds is 6. The van der Waals surface area contributed by atoms with Crippen molar-refractivity contribution in [1.82, 2.24) is 9.38 Å². The van der Waals surface area contributed by atoms with Crippen LogP contribution < -0.4 is 15.0 Å². The maximum absolute atomic E-state index is 12.3. The van der Waals surface area contributed by atoms with Gasteiger partial charge in [0.2, 0.25) is 0 Å². The Morgan fingerprint density at radius 2 is 2.16 bits per heavy atom. The van der Waals surface area contributed by atoms with Crippen LogP contribution in [0, 0.1) is 6.92 Å². The maximum Gasteiger partial charge on any atom is 0.331 e. The zero-order valence-corrected chi connectivity index (χ0v) is 17.8. The topological polar surface area (TPSA) is 79.1 Å². The number of fused-ring (bicyclic) bond motifs is 2. The van der Waals surface area contributed by atoms with Gasteiger partial charge in [-0.05, 0) is 51.1 Å². The molecule has 3 aromatic rings. The van der Waals surface area contributed by atoms with E-state index in [9.17, 15) is 9.59 Å². The lowest BCUT2D eigenvalue weighted by molar-refractivity contribution is -0.139. The number of hydrogen-bond donors (Lipinski definition) is 0. The summed E-state index contributed by atoms with van der Waals surface area (Å²) in [6, 6.07) is 10.6. The van der Waals surface area contributed by atoms with Gasteiger partial charge in [0.15, 0.2) is 0 Å². The van der Waals surface area contributed by atoms with Crippen molar-refractivity contribution in [2.24, 2.45) is 0 Å². The second kappa shape index (κ2) is 8.63. The predicted molar refractivity (Wildman–Crippen MR) is 116 cm³/mol. The third kappa shape index (κ3) is 4.45. The Balaban J connectivity index is 1.48. The first kappa shape index (κ1) is 20.7. The van der Waals surface area contributed by atoms with E-state index in [4.69, 9.17) is 14.2 Å². The highest BCUT2D eigenvalue weighted by Crippen LogP contribution is 2.35. The summed E-state index contributed by atoms with van der Waals surface area (Å²) in [6.07, 6.45) is 3.93. The molecule has 1 aliphatic rings. The fourth-order valence-electron chi connectivity index (χ4n) is 3.65. The van der Waals surface area contributed by atoms with Crippen LogP contribution in [0.5, 0.6) is 11.5 Å². The minimum Gasteiger partial charge on any atom is -0.493 e. The van der Waals surface area contributed by atoms with Gasteiger partial charge in [-0.25, -0.2) is 9.78 Å². The zero-order chi connectivity index (χ0) is 22.0. The quantitative estimate of drug-likeness (QED) is 0.449. The molecule has 0 aliphatic carbocycles. The van der Waals surface area contributed by atoms with Gasteiger partial charge >= 0.3 is 5.97 Å². The van der Waals surface area contributed by atoms with Gasteiger partial charge < -0.3 is 14.2 Å². The fraction of sp³-hybridized carbons (Fsp3) is 0.292. The molecule has 0 radical (unpaired) electrons. The molecule has 7 nitrogen and oxygen atoms in total. The molecule has 1 atom stereocenters. The molecule has 31 heavy (non-hydrogen) atoms. The van der Waals surface area contributed by atoms with Gasteiger partial charge in [0.05, 0.1) is 12.3 Å². The molecule has 7 heteroatoms. The van der Waals surface area contributed by atoms with Crippen molar-refractivity contribution in [3.8, 4) is 11.5 Å². The summed E-state index contributed by atoms with van der Waals surface area (Å²) in [5.41, 5.74) is 3.33. The van der Waals surface area contributed by atoms with Crippen molar-refractivity contribution < 1.29 is 19.0 Å². The number of carbonyl (C=O) groups excluding carboxylic acids is 1. The molecule has 0 saturated carbocycles. The van der Waals surface area contributed by atoms with Crippen LogP contribution in [0.4, 0.5) is 0 Å². The van der Waals surface area contributed by atoms with E-state index in [0.717, 1.165) is 29.0 Å². The SMILES string of the molecule is CCOc1cc2c(cc1/C=C/C(=O)OCc1cc(=O)n3c(C)cccc3n1)O[C@@H](C)C2. The summed E-state index contributed by atoms with van der Waals surface area (Å²) in [5.74, 6) is 0.964. The molecule has 160 valence electrons. The van der Waals surface area contributed by atoms with Gasteiger partial charge in [0.1, 0.15) is 29.9 Å². The second-order valence-electron chi connectivity index (χ2n) is 7.45. The molecule has 2 aromatic heterocycles. The number of aromatic nitrogens is 2. The average molecular weight is 420 g/mol. The van der Waals surface area contributed by atoms with Crippen LogP contribution in [-0.4, -0.2) is 28.1 Å². The van der Waals surface area contributed by atoms with Gasteiger partial charge in [0, 0.05) is 35.4 Å². The molecule has 0 unspecified atom stereocenters. The number of ether oxygens (including phenoxy) is 3. The van der Waals surface area contributed by atoms with Crippen LogP contribution in [0.15, 0.2) is 47.3 Å². The van der Waals surface area contributed by atoms with Crippen molar-refractivity contribution in [2.45, 2.75) is 39.9 Å². The van der Waals surface area contributed by atoms with E-state index in [1.807, 2.05) is 45.0 Å². The van der Waals surface area contributed by atoms with E-state index >= 15 is 0 Å². The number of benzene rings is 1. The highest BCUT2D eigenvalue weighted by atomic mass is 16.5. The van der Waals surface area contributed by atoms with Crippen molar-refractivity contribution in [2.75, 3.05) is 6.61 Å². The Morgan fingerprint density at radius 3 is 2.97 bits per heavy atom. The fourth-order valence-corrected chi connectivity index (χ4v) is 3.65. The van der Waals surface area contributed by atoms with Crippen molar-refractivity contribution in [3.63, 3.8) is 0 Å². The Morgan fingerprint density at radius 1 is 1.32 bits per heavy atom. The van der Waals surface area contributed by atoms with Gasteiger partial charge in [0.25, 0.3) is 5.56 Å². The standard InChI is InChI=1S/C24H24N2O5/c1-4-29-20-12-18-10-16(3)31-21(18)11-17(20)8-9-24(28)30-14-19-13-23(27)26-15(2)6-5-7-22(26)25-19/h5-9,11-13,16H,4,10,14H2,1-3H3/b9-8+/t16-/m0/s1. The third-order valence-electron chi connectivity index (χ3n) is 5.02. The molecule has 0 spiro atoms. The van der Waals surface area contributed by atoms with E-state index < -0.39 is 5.97 Å². The number of hydrogen-bond acceptors (Lipinski definition) is 6. The van der Waals surface area contributed by atoms with Crippen molar-refractivity contribution >= 4 is 17.7 Å². The second-order valence-corrected chi connectivity index (χ2v) is 7.45. The molecular weight excluding hydrogens is 396 g/mol. The molecule has 0 saturated heterocycles. The normalized spacial score (nSPS) is 15.1. The van der Waals surface area contributed by atoms with Gasteiger partial charge in [-0.2, -0.15) is 0 Å². The summed E-state index contributed by atoms with van der Waals surface area (Å²) in [7, 11) is 0. The van der Waals surface area contributed by atoms with Crippen LogP contribution in [0.3, 0.4) is 0 Å². The van der Waals surface area contributed by atoms with E-state index in [2.05, 4.69) is 4.98 Å². The van der Waals surface area contributed by atoms with E-state index in [1.54, 1.807) is 12.1 Å². The Kier molecular flexibility index (Phi) is 5.75. The number of carbonyl (C=O) groups is 1. The van der Waals surface area contributed by atoms with E-state index in [-0.39, 0.29) is 18.3 Å². The zero-order valence-electron chi connectivity index (χ0n) is 17.8. The van der Waals surface area contributed by atoms with Crippen molar-refractivity contribution in [3.05, 3.63) is 75.3 Å². The maximum atomic E-state index is 12.3. The lowest BCUT2D eigenvalue weighted by atomic mass is 10.1. The highest BCUT2D eigenvalue weighted by molar-refractivity contribution is 5.87. The van der Waals surface area contributed by atoms with Crippen LogP contribution in [0.2, 0.25) is 0 Å². The predicted octanol–water partition coefficient (Wildman–Crippen LogP) is 3.48. The molecule has 4 rings (SSSR count). The number of esters is 1. The third-order valence-corrected chi connectivity index (χ3v) is 5.02. The van der Waals surface area contributed by atoms with Crippen LogP contribution in [0.25, 0.3) is 11.7 Å². The van der Waals surface area contributed by atoms with Gasteiger partial charge in [-0.15, -0.1) is 0 Å². The first-order chi connectivity index (χ1) is 14.9. The smallest absolute Gasteiger partial charge is 0.331 e. The molecular formula is C24H24N2O5. The number of aryl methyl sites for hydroxylation is 1. The minimum absolute atomic E-state index is 0.0913. The molecule has 0 N–H and O–H groups in total. The lowest BCUT2D eigenvalue weighted by Gasteiger charge is -2.10. The minimum atomic E-state index is -0.538. The van der Waals surface area contributed by atoms with Gasteiger partial charge in [-0.1, -0.05) is 6.07 Å². The summed E-state index contributed by atoms with van der Waals surface area (Å²) in [5, 5.41) is 0. The van der Waals surface area contributed by atoms with E-state index in [1.165, 1.54) is 16.5 Å². The van der Waals surface area contributed by atoms with Crippen LogP contribution in [0.1, 0.15) is 36.4 Å². The number of pyridine rings is 1. The van der Waals surface area contributed by atoms with Crippen LogP contribution in [-0.2, 0) is 22.6 Å². The van der Waals surface area contributed by atoms with Gasteiger partial charge in [-0.3, -0.25) is 9.20 Å². The first-order valence-corrected chi connectivity index (χ1v) is 10.2. The van der Waals surface area contributed by atoms with Crippen molar-refractivity contribution in [1.29, 1.82) is 0 Å². The summed E-state index contributed by atoms with van der Waals surface area (Å²) in [4.78, 5) is 29.0. The first-order valence-electron chi connectivity index (χ1n) is 10.2. The molecule has 0 fully saturated rings. The Bertz CT molecular complexity index is 1230. The molecule has 1 aromatic carbocycles. The number of nitrogens with zero attached hydrogens (tertiary/aromatic N) is 2. The molecule has 0 bridgehead atoms. The summed E-state index contributed by atoms with van der Waals surface area (Å²) in [6.45, 7) is 6.19. The largest absolute Gasteiger partial charge is 0.493 e. The average Bonchev–Trinajstić information content (AvgIpc) is 3.09.